The van der Waals surface area contributed by atoms with Gasteiger partial charge in [-0.3, -0.25) is 4.79 Å². The minimum Gasteiger partial charge on any atom is -0.504 e. The Morgan fingerprint density at radius 2 is 1.62 bits per heavy atom. The number of hydrogen-bond acceptors (Lipinski definition) is 3. The predicted octanol–water partition coefficient (Wildman–Crippen LogP) is 9.17. The van der Waals surface area contributed by atoms with Crippen molar-refractivity contribution in [3.05, 3.63) is 44.9 Å². The highest BCUT2D eigenvalue weighted by Crippen LogP contribution is 2.51. The standard InChI is InChI=1S/C28H39Cl2NO3/c1-9-13-21(32)31-24-25(33)22(29)18(10-2)23(30)26(24)34-20-15-14-17(27(5,6)11-3)16-19(20)28(7,8)12-4/h14-16,33H,9-13H2,1-8H3,(H,31,32). The van der Waals surface area contributed by atoms with Crippen LogP contribution in [-0.4, -0.2) is 11.0 Å². The van der Waals surface area contributed by atoms with Gasteiger partial charge in [0.1, 0.15) is 11.4 Å². The van der Waals surface area contributed by atoms with Crippen LogP contribution >= 0.6 is 23.2 Å². The molecular formula is C28H39Cl2NO3. The van der Waals surface area contributed by atoms with E-state index in [4.69, 9.17) is 27.9 Å². The number of hydrogen-bond donors (Lipinski definition) is 2. The first-order valence-corrected chi connectivity index (χ1v) is 13.0. The summed E-state index contributed by atoms with van der Waals surface area (Å²) in [6.07, 6.45) is 3.38. The molecule has 4 nitrogen and oxygen atoms in total. The minimum absolute atomic E-state index is 0.0158. The van der Waals surface area contributed by atoms with E-state index in [1.54, 1.807) is 0 Å². The van der Waals surface area contributed by atoms with Gasteiger partial charge in [-0.15, -0.1) is 0 Å². The summed E-state index contributed by atoms with van der Waals surface area (Å²) in [5, 5.41) is 14.1. The van der Waals surface area contributed by atoms with Gasteiger partial charge >= 0.3 is 0 Å². The van der Waals surface area contributed by atoms with Gasteiger partial charge in [0.05, 0.1) is 10.0 Å². The second kappa shape index (κ2) is 11.2. The summed E-state index contributed by atoms with van der Waals surface area (Å²) in [7, 11) is 0. The molecule has 0 saturated heterocycles. The van der Waals surface area contributed by atoms with E-state index in [-0.39, 0.29) is 44.0 Å². The molecule has 0 unspecified atom stereocenters. The SMILES string of the molecule is CCCC(=O)Nc1c(O)c(Cl)c(CC)c(Cl)c1Oc1ccc(C(C)(C)CC)cc1C(C)(C)CC. The number of phenolic OH excluding ortho intramolecular Hbond substituents is 1. The van der Waals surface area contributed by atoms with Gasteiger partial charge in [0.15, 0.2) is 11.5 Å². The average Bonchev–Trinajstić information content (AvgIpc) is 2.80. The molecule has 0 heterocycles. The summed E-state index contributed by atoms with van der Waals surface area (Å²) in [6.45, 7) is 17.0. The van der Waals surface area contributed by atoms with Crippen molar-refractivity contribution in [1.29, 1.82) is 0 Å². The minimum atomic E-state index is -0.242. The van der Waals surface area contributed by atoms with E-state index in [1.807, 2.05) is 19.9 Å². The van der Waals surface area contributed by atoms with E-state index in [2.05, 4.69) is 59.0 Å². The maximum absolute atomic E-state index is 12.4. The van der Waals surface area contributed by atoms with Crippen LogP contribution in [0.5, 0.6) is 17.2 Å². The Morgan fingerprint density at radius 1 is 1.00 bits per heavy atom. The lowest BCUT2D eigenvalue weighted by atomic mass is 9.76. The molecule has 0 aliphatic carbocycles. The van der Waals surface area contributed by atoms with E-state index >= 15 is 0 Å². The van der Waals surface area contributed by atoms with Crippen molar-refractivity contribution in [2.75, 3.05) is 5.32 Å². The highest BCUT2D eigenvalue weighted by atomic mass is 35.5. The van der Waals surface area contributed by atoms with Crippen molar-refractivity contribution in [2.24, 2.45) is 0 Å². The van der Waals surface area contributed by atoms with Gasteiger partial charge in [-0.25, -0.2) is 0 Å². The summed E-state index contributed by atoms with van der Waals surface area (Å²) in [6, 6.07) is 6.25. The zero-order valence-corrected chi connectivity index (χ0v) is 23.3. The number of halogens is 2. The molecule has 0 aromatic heterocycles. The zero-order valence-electron chi connectivity index (χ0n) is 21.8. The number of anilines is 1. The first-order valence-electron chi connectivity index (χ1n) is 12.2. The van der Waals surface area contributed by atoms with Crippen molar-refractivity contribution in [3.8, 4) is 17.2 Å². The molecule has 0 spiro atoms. The van der Waals surface area contributed by atoms with Gasteiger partial charge in [-0.2, -0.15) is 0 Å². The van der Waals surface area contributed by atoms with E-state index in [0.717, 1.165) is 18.4 Å². The fourth-order valence-electron chi connectivity index (χ4n) is 3.73. The van der Waals surface area contributed by atoms with Gasteiger partial charge in [0, 0.05) is 12.0 Å². The quantitative estimate of drug-likeness (QED) is 0.315. The number of carbonyl (C=O) groups is 1. The van der Waals surface area contributed by atoms with Crippen LogP contribution in [0.3, 0.4) is 0 Å². The first kappa shape index (κ1) is 28.3. The Hall–Kier alpha value is -1.91. The second-order valence-electron chi connectivity index (χ2n) is 10.1. The maximum Gasteiger partial charge on any atom is 0.224 e. The highest BCUT2D eigenvalue weighted by molar-refractivity contribution is 6.39. The number of aromatic hydroxyl groups is 1. The molecule has 0 aliphatic heterocycles. The van der Waals surface area contributed by atoms with Crippen molar-refractivity contribution >= 4 is 34.8 Å². The smallest absolute Gasteiger partial charge is 0.224 e. The van der Waals surface area contributed by atoms with Crippen LogP contribution < -0.4 is 10.1 Å². The molecule has 0 bridgehead atoms. The van der Waals surface area contributed by atoms with Crippen molar-refractivity contribution in [3.63, 3.8) is 0 Å². The normalized spacial score (nSPS) is 12.1. The lowest BCUT2D eigenvalue weighted by molar-refractivity contribution is -0.116. The number of carbonyl (C=O) groups excluding carboxylic acids is 1. The van der Waals surface area contributed by atoms with Crippen LogP contribution in [0.2, 0.25) is 10.0 Å². The summed E-state index contributed by atoms with van der Waals surface area (Å²) in [4.78, 5) is 12.4. The molecule has 1 amide bonds. The Balaban J connectivity index is 2.76. The topological polar surface area (TPSA) is 58.6 Å². The van der Waals surface area contributed by atoms with Gasteiger partial charge in [-0.1, -0.05) is 90.7 Å². The molecule has 6 heteroatoms. The summed E-state index contributed by atoms with van der Waals surface area (Å²) in [5.41, 5.74) is 2.79. The lowest BCUT2D eigenvalue weighted by Crippen LogP contribution is -2.21. The number of amides is 1. The Morgan fingerprint density at radius 3 is 2.15 bits per heavy atom. The molecule has 0 saturated carbocycles. The molecule has 2 aromatic rings. The highest BCUT2D eigenvalue weighted by Gasteiger charge is 2.29. The summed E-state index contributed by atoms with van der Waals surface area (Å²) < 4.78 is 6.45. The van der Waals surface area contributed by atoms with Gasteiger partial charge in [0.2, 0.25) is 5.91 Å². The Kier molecular flexibility index (Phi) is 9.35. The fraction of sp³-hybridized carbons (Fsp3) is 0.536. The Labute approximate surface area is 215 Å². The maximum atomic E-state index is 12.4. The van der Waals surface area contributed by atoms with Crippen LogP contribution in [-0.2, 0) is 22.0 Å². The van der Waals surface area contributed by atoms with Crippen LogP contribution in [0.15, 0.2) is 18.2 Å². The Bertz CT molecular complexity index is 1040. The van der Waals surface area contributed by atoms with E-state index < -0.39 is 0 Å². The average molecular weight is 509 g/mol. The third-order valence-electron chi connectivity index (χ3n) is 6.97. The van der Waals surface area contributed by atoms with Crippen LogP contribution in [0.1, 0.15) is 97.8 Å². The number of phenols is 1. The number of ether oxygens (including phenoxy) is 1. The number of nitrogens with one attached hydrogen (secondary N) is 1. The largest absolute Gasteiger partial charge is 0.504 e. The third-order valence-corrected chi connectivity index (χ3v) is 7.77. The molecule has 2 N–H and O–H groups in total. The van der Waals surface area contributed by atoms with Gasteiger partial charge in [0.25, 0.3) is 0 Å². The molecule has 188 valence electrons. The zero-order chi connectivity index (χ0) is 25.8. The van der Waals surface area contributed by atoms with E-state index in [1.165, 1.54) is 5.56 Å². The van der Waals surface area contributed by atoms with Crippen LogP contribution in [0.25, 0.3) is 0 Å². The van der Waals surface area contributed by atoms with E-state index in [9.17, 15) is 9.90 Å². The second-order valence-corrected chi connectivity index (χ2v) is 10.9. The lowest BCUT2D eigenvalue weighted by Gasteiger charge is -2.31. The van der Waals surface area contributed by atoms with Crippen molar-refractivity contribution in [2.45, 2.75) is 98.3 Å². The monoisotopic (exact) mass is 507 g/mol. The molecule has 0 atom stereocenters. The van der Waals surface area contributed by atoms with Gasteiger partial charge < -0.3 is 15.2 Å². The number of rotatable bonds is 10. The van der Waals surface area contributed by atoms with E-state index in [0.29, 0.717) is 30.6 Å². The molecule has 0 fully saturated rings. The molecular weight excluding hydrogens is 469 g/mol. The molecule has 2 aromatic carbocycles. The fourth-order valence-corrected chi connectivity index (χ4v) is 4.46. The van der Waals surface area contributed by atoms with Crippen LogP contribution in [0, 0.1) is 0 Å². The first-order chi connectivity index (χ1) is 15.8. The molecule has 2 rings (SSSR count). The summed E-state index contributed by atoms with van der Waals surface area (Å²) >= 11 is 13.2. The molecule has 34 heavy (non-hydrogen) atoms. The third kappa shape index (κ3) is 5.83. The number of benzene rings is 2. The van der Waals surface area contributed by atoms with Crippen molar-refractivity contribution in [1.82, 2.24) is 0 Å². The molecule has 0 radical (unpaired) electrons. The molecule has 0 aliphatic rings. The summed E-state index contributed by atoms with van der Waals surface area (Å²) in [5.74, 6) is 0.371. The van der Waals surface area contributed by atoms with Gasteiger partial charge in [-0.05, 0) is 53.7 Å². The van der Waals surface area contributed by atoms with Crippen LogP contribution in [0.4, 0.5) is 5.69 Å². The van der Waals surface area contributed by atoms with Crippen molar-refractivity contribution < 1.29 is 14.6 Å². The predicted molar refractivity (Wildman–Crippen MR) is 144 cm³/mol.